The van der Waals surface area contributed by atoms with Crippen LogP contribution < -0.4 is 4.72 Å². The summed E-state index contributed by atoms with van der Waals surface area (Å²) in [6.07, 6.45) is 0. The van der Waals surface area contributed by atoms with Gasteiger partial charge in [0, 0.05) is 38.8 Å². The monoisotopic (exact) mass is 379 g/mol. The normalized spacial score (nSPS) is 18.3. The zero-order chi connectivity index (χ0) is 17.7. The van der Waals surface area contributed by atoms with Crippen molar-refractivity contribution in [2.45, 2.75) is 11.8 Å². The van der Waals surface area contributed by atoms with Gasteiger partial charge in [-0.2, -0.15) is 11.3 Å². The van der Waals surface area contributed by atoms with Gasteiger partial charge in [0.15, 0.2) is 0 Å². The summed E-state index contributed by atoms with van der Waals surface area (Å²) in [5, 5.41) is 4.17. The molecule has 1 aromatic heterocycles. The summed E-state index contributed by atoms with van der Waals surface area (Å²) < 4.78 is 27.8. The highest BCUT2D eigenvalue weighted by molar-refractivity contribution is 7.88. The zero-order valence-corrected chi connectivity index (χ0v) is 16.1. The highest BCUT2D eigenvalue weighted by atomic mass is 32.2. The van der Waals surface area contributed by atoms with Crippen LogP contribution in [-0.4, -0.2) is 58.0 Å². The van der Waals surface area contributed by atoms with Crippen molar-refractivity contribution in [3.05, 3.63) is 58.3 Å². The third-order valence-corrected chi connectivity index (χ3v) is 6.62. The molecule has 1 N–H and O–H groups in total. The molecule has 7 heteroatoms. The van der Waals surface area contributed by atoms with Gasteiger partial charge in [-0.1, -0.05) is 30.3 Å². The molecule has 0 amide bonds. The van der Waals surface area contributed by atoms with E-state index in [2.05, 4.69) is 38.4 Å². The number of hydrogen-bond donors (Lipinski definition) is 1. The summed E-state index contributed by atoms with van der Waals surface area (Å²) >= 11 is 1.65. The van der Waals surface area contributed by atoms with Crippen LogP contribution in [0.25, 0.3) is 0 Å². The van der Waals surface area contributed by atoms with Gasteiger partial charge in [-0.3, -0.25) is 4.90 Å². The average Bonchev–Trinajstić information content (AvgIpc) is 3.11. The molecule has 1 fully saturated rings. The Morgan fingerprint density at radius 3 is 2.48 bits per heavy atom. The van der Waals surface area contributed by atoms with Crippen LogP contribution in [-0.2, 0) is 15.8 Å². The van der Waals surface area contributed by atoms with E-state index in [9.17, 15) is 8.42 Å². The molecule has 1 aliphatic heterocycles. The number of hydrogen-bond acceptors (Lipinski definition) is 5. The number of benzene rings is 1. The minimum Gasteiger partial charge on any atom is -0.304 e. The lowest BCUT2D eigenvalue weighted by Crippen LogP contribution is -2.48. The predicted octanol–water partition coefficient (Wildman–Crippen LogP) is 2.16. The minimum atomic E-state index is -3.35. The van der Waals surface area contributed by atoms with Crippen molar-refractivity contribution in [3.8, 4) is 0 Å². The van der Waals surface area contributed by atoms with Crippen LogP contribution in [0.4, 0.5) is 0 Å². The molecular formula is C18H25N3O2S2. The van der Waals surface area contributed by atoms with Crippen molar-refractivity contribution in [2.75, 3.05) is 39.8 Å². The third kappa shape index (κ3) is 5.36. The first-order valence-electron chi connectivity index (χ1n) is 8.49. The van der Waals surface area contributed by atoms with E-state index in [0.29, 0.717) is 6.54 Å². The highest BCUT2D eigenvalue weighted by Gasteiger charge is 2.25. The van der Waals surface area contributed by atoms with Crippen LogP contribution in [0, 0.1) is 0 Å². The predicted molar refractivity (Wildman–Crippen MR) is 103 cm³/mol. The van der Waals surface area contributed by atoms with E-state index >= 15 is 0 Å². The molecule has 1 saturated heterocycles. The van der Waals surface area contributed by atoms with Gasteiger partial charge in [-0.25, -0.2) is 13.1 Å². The summed E-state index contributed by atoms with van der Waals surface area (Å²) in [4.78, 5) is 4.69. The maximum absolute atomic E-state index is 12.5. The fourth-order valence-electron chi connectivity index (χ4n) is 3.11. The Morgan fingerprint density at radius 1 is 1.12 bits per heavy atom. The quantitative estimate of drug-likeness (QED) is 0.801. The summed E-state index contributed by atoms with van der Waals surface area (Å²) in [5.74, 6) is 0.0208. The smallest absolute Gasteiger partial charge is 0.215 e. The molecule has 136 valence electrons. The summed E-state index contributed by atoms with van der Waals surface area (Å²) in [6.45, 7) is 4.35. The number of piperazine rings is 1. The van der Waals surface area contributed by atoms with E-state index < -0.39 is 10.0 Å². The van der Waals surface area contributed by atoms with Crippen molar-refractivity contribution in [2.24, 2.45) is 0 Å². The van der Waals surface area contributed by atoms with Gasteiger partial charge in [0.1, 0.15) is 0 Å². The van der Waals surface area contributed by atoms with Gasteiger partial charge in [0.2, 0.25) is 10.0 Å². The van der Waals surface area contributed by atoms with Crippen molar-refractivity contribution in [3.63, 3.8) is 0 Å². The topological polar surface area (TPSA) is 52.6 Å². The van der Waals surface area contributed by atoms with Gasteiger partial charge < -0.3 is 4.90 Å². The Kier molecular flexibility index (Phi) is 6.24. The number of nitrogens with one attached hydrogen (secondary N) is 1. The van der Waals surface area contributed by atoms with Crippen molar-refractivity contribution < 1.29 is 8.42 Å². The lowest BCUT2D eigenvalue weighted by Gasteiger charge is -2.37. The lowest BCUT2D eigenvalue weighted by atomic mass is 10.1. The van der Waals surface area contributed by atoms with Crippen molar-refractivity contribution in [1.29, 1.82) is 0 Å². The fraction of sp³-hybridized carbons (Fsp3) is 0.444. The summed E-state index contributed by atoms with van der Waals surface area (Å²) in [7, 11) is -1.23. The maximum atomic E-state index is 12.5. The lowest BCUT2D eigenvalue weighted by molar-refractivity contribution is 0.113. The average molecular weight is 380 g/mol. The first kappa shape index (κ1) is 18.5. The molecule has 25 heavy (non-hydrogen) atoms. The molecule has 3 rings (SSSR count). The largest absolute Gasteiger partial charge is 0.304 e. The first-order chi connectivity index (χ1) is 12.0. The number of nitrogens with zero attached hydrogens (tertiary/aromatic N) is 2. The number of rotatable bonds is 7. The number of sulfonamides is 1. The van der Waals surface area contributed by atoms with Crippen LogP contribution in [0.2, 0.25) is 0 Å². The van der Waals surface area contributed by atoms with Gasteiger partial charge >= 0.3 is 0 Å². The second-order valence-electron chi connectivity index (χ2n) is 6.50. The summed E-state index contributed by atoms with van der Waals surface area (Å²) in [6, 6.07) is 11.5. The van der Waals surface area contributed by atoms with E-state index in [1.165, 1.54) is 5.56 Å². The van der Waals surface area contributed by atoms with E-state index in [4.69, 9.17) is 0 Å². The van der Waals surface area contributed by atoms with Crippen molar-refractivity contribution in [1.82, 2.24) is 14.5 Å². The fourth-order valence-corrected chi connectivity index (χ4v) is 4.96. The van der Waals surface area contributed by atoms with Crippen LogP contribution >= 0.6 is 11.3 Å². The molecule has 1 aliphatic rings. The Bertz CT molecular complexity index is 740. The van der Waals surface area contributed by atoms with Gasteiger partial charge in [-0.05, 0) is 35.0 Å². The molecule has 2 heterocycles. The molecule has 0 radical (unpaired) electrons. The van der Waals surface area contributed by atoms with E-state index in [0.717, 1.165) is 31.7 Å². The molecule has 0 saturated carbocycles. The highest BCUT2D eigenvalue weighted by Crippen LogP contribution is 2.24. The molecule has 5 nitrogen and oxygen atoms in total. The molecular weight excluding hydrogens is 354 g/mol. The standard InChI is InChI=1S/C18H25N3O2S2/c1-20-8-10-21(11-9-20)18(17-7-12-24-14-17)13-19-25(22,23)15-16-5-3-2-4-6-16/h2-7,12,14,18-19H,8-11,13,15H2,1H3/t18-/m1/s1. The molecule has 2 aromatic rings. The molecule has 1 aromatic carbocycles. The maximum Gasteiger partial charge on any atom is 0.215 e. The van der Waals surface area contributed by atoms with Gasteiger partial charge in [-0.15, -0.1) is 0 Å². The van der Waals surface area contributed by atoms with Crippen LogP contribution in [0.1, 0.15) is 17.2 Å². The van der Waals surface area contributed by atoms with Crippen molar-refractivity contribution >= 4 is 21.4 Å². The van der Waals surface area contributed by atoms with Gasteiger partial charge in [0.05, 0.1) is 5.75 Å². The van der Waals surface area contributed by atoms with Crippen LogP contribution in [0.15, 0.2) is 47.2 Å². The third-order valence-electron chi connectivity index (χ3n) is 4.60. The second-order valence-corrected chi connectivity index (χ2v) is 9.09. The zero-order valence-electron chi connectivity index (χ0n) is 14.5. The summed E-state index contributed by atoms with van der Waals surface area (Å²) in [5.41, 5.74) is 2.00. The SMILES string of the molecule is CN1CCN([C@H](CNS(=O)(=O)Cc2ccccc2)c2ccsc2)CC1. The molecule has 1 atom stereocenters. The molecule has 0 unspecified atom stereocenters. The second kappa shape index (κ2) is 8.42. The number of likely N-dealkylation sites (N-methyl/N-ethyl adjacent to an activating group) is 1. The Morgan fingerprint density at radius 2 is 1.84 bits per heavy atom. The minimum absolute atomic E-state index is 0.0208. The number of thiophene rings is 1. The molecule has 0 aliphatic carbocycles. The van der Waals surface area contributed by atoms with E-state index in [-0.39, 0.29) is 11.8 Å². The van der Waals surface area contributed by atoms with Gasteiger partial charge in [0.25, 0.3) is 0 Å². The van der Waals surface area contributed by atoms with E-state index in [1.54, 1.807) is 11.3 Å². The van der Waals surface area contributed by atoms with E-state index in [1.807, 2.05) is 30.3 Å². The Labute approximate surface area is 154 Å². The molecule has 0 bridgehead atoms. The Balaban J connectivity index is 1.66. The molecule has 0 spiro atoms. The first-order valence-corrected chi connectivity index (χ1v) is 11.1. The van der Waals surface area contributed by atoms with Crippen LogP contribution in [0.3, 0.4) is 0 Å². The van der Waals surface area contributed by atoms with Crippen LogP contribution in [0.5, 0.6) is 0 Å². The Hall–Kier alpha value is -1.25.